The second-order valence-corrected chi connectivity index (χ2v) is 5.85. The van der Waals surface area contributed by atoms with Crippen LogP contribution in [0.3, 0.4) is 0 Å². The van der Waals surface area contributed by atoms with Gasteiger partial charge >= 0.3 is 5.97 Å². The summed E-state index contributed by atoms with van der Waals surface area (Å²) in [6.45, 7) is 2.76. The average molecular weight is 278 g/mol. The van der Waals surface area contributed by atoms with Gasteiger partial charge in [0.05, 0.1) is 6.10 Å². The van der Waals surface area contributed by atoms with Crippen molar-refractivity contribution in [2.45, 2.75) is 51.2 Å². The van der Waals surface area contributed by atoms with Crippen LogP contribution in [0.1, 0.15) is 49.5 Å². The number of hydrogen-bond acceptors (Lipinski definition) is 4. The van der Waals surface area contributed by atoms with Gasteiger partial charge in [0.1, 0.15) is 11.8 Å². The molecule has 0 bridgehead atoms. The second-order valence-electron chi connectivity index (χ2n) is 5.85. The first-order valence-electron chi connectivity index (χ1n) is 7.48. The Labute approximate surface area is 119 Å². The highest BCUT2D eigenvalue weighted by Gasteiger charge is 2.58. The summed E-state index contributed by atoms with van der Waals surface area (Å²) in [6, 6.07) is 1.70. The molecule has 2 atom stereocenters. The van der Waals surface area contributed by atoms with E-state index in [1.807, 2.05) is 6.92 Å². The summed E-state index contributed by atoms with van der Waals surface area (Å²) in [5.74, 6) is -0.267. The molecule has 2 aliphatic rings. The van der Waals surface area contributed by atoms with E-state index in [1.165, 1.54) is 12.8 Å². The molecule has 0 saturated heterocycles. The molecule has 0 aliphatic heterocycles. The molecular formula is C15H22N2O3. The van der Waals surface area contributed by atoms with Crippen molar-refractivity contribution in [1.82, 2.24) is 9.78 Å². The molecular weight excluding hydrogens is 256 g/mol. The number of hydrogen-bond donors (Lipinski definition) is 0. The summed E-state index contributed by atoms with van der Waals surface area (Å²) >= 11 is 0. The summed E-state index contributed by atoms with van der Waals surface area (Å²) in [4.78, 5) is 12.2. The zero-order valence-corrected chi connectivity index (χ0v) is 12.2. The first kappa shape index (κ1) is 13.6. The van der Waals surface area contributed by atoms with E-state index in [9.17, 15) is 4.79 Å². The van der Waals surface area contributed by atoms with Crippen LogP contribution in [-0.4, -0.2) is 34.6 Å². The molecule has 5 heteroatoms. The smallest absolute Gasteiger partial charge is 0.356 e. The van der Waals surface area contributed by atoms with Crippen LogP contribution in [0.15, 0.2) is 12.3 Å². The van der Waals surface area contributed by atoms with Crippen molar-refractivity contribution < 1.29 is 14.3 Å². The van der Waals surface area contributed by atoms with Crippen LogP contribution in [0.25, 0.3) is 0 Å². The third-order valence-corrected chi connectivity index (χ3v) is 4.89. The van der Waals surface area contributed by atoms with E-state index in [2.05, 4.69) is 5.10 Å². The molecule has 1 aromatic rings. The molecule has 5 nitrogen and oxygen atoms in total. The Kier molecular flexibility index (Phi) is 3.54. The van der Waals surface area contributed by atoms with Gasteiger partial charge in [-0.25, -0.2) is 4.79 Å². The molecule has 3 rings (SSSR count). The predicted octanol–water partition coefficient (Wildman–Crippen LogP) is 2.31. The third-order valence-electron chi connectivity index (χ3n) is 4.89. The molecule has 1 heterocycles. The number of aryl methyl sites for hydroxylation is 1. The molecule has 110 valence electrons. The number of ether oxygens (including phenoxy) is 2. The second kappa shape index (κ2) is 5.20. The summed E-state index contributed by atoms with van der Waals surface area (Å²) in [5.41, 5.74) is 0.586. The van der Waals surface area contributed by atoms with Crippen molar-refractivity contribution >= 4 is 5.97 Å². The van der Waals surface area contributed by atoms with Crippen LogP contribution in [-0.2, 0) is 16.5 Å². The molecule has 2 fully saturated rings. The Hall–Kier alpha value is -1.36. The first-order chi connectivity index (χ1) is 9.67. The number of aromatic nitrogens is 2. The minimum Gasteiger partial charge on any atom is -0.457 e. The Balaban J connectivity index is 1.69. The molecule has 1 aromatic heterocycles. The normalized spacial score (nSPS) is 27.5. The molecule has 0 N–H and O–H groups in total. The molecule has 0 radical (unpaired) electrons. The van der Waals surface area contributed by atoms with Gasteiger partial charge in [0, 0.05) is 31.7 Å². The van der Waals surface area contributed by atoms with Crippen LogP contribution in [0.5, 0.6) is 0 Å². The number of carbonyl (C=O) groups is 1. The van der Waals surface area contributed by atoms with Gasteiger partial charge in [0.15, 0.2) is 0 Å². The maximum Gasteiger partial charge on any atom is 0.356 e. The highest BCUT2D eigenvalue weighted by molar-refractivity contribution is 5.87. The monoisotopic (exact) mass is 278 g/mol. The van der Waals surface area contributed by atoms with Gasteiger partial charge in [-0.1, -0.05) is 12.8 Å². The lowest BCUT2D eigenvalue weighted by Crippen LogP contribution is -2.58. The lowest BCUT2D eigenvalue weighted by atomic mass is 9.62. The van der Waals surface area contributed by atoms with Crippen molar-refractivity contribution in [2.75, 3.05) is 6.61 Å². The topological polar surface area (TPSA) is 53.4 Å². The summed E-state index contributed by atoms with van der Waals surface area (Å²) in [5, 5.41) is 4.01. The van der Waals surface area contributed by atoms with Crippen molar-refractivity contribution in [3.8, 4) is 0 Å². The average Bonchev–Trinajstić information content (AvgIpc) is 3.07. The number of rotatable bonds is 4. The fourth-order valence-electron chi connectivity index (χ4n) is 3.75. The summed E-state index contributed by atoms with van der Waals surface area (Å²) in [7, 11) is 1.76. The molecule has 2 saturated carbocycles. The largest absolute Gasteiger partial charge is 0.457 e. The summed E-state index contributed by atoms with van der Waals surface area (Å²) < 4.78 is 13.1. The standard InChI is InChI=1S/C15H22N2O3/c1-3-19-12-10-13(15(12)7-4-5-8-15)20-14(18)11-6-9-16-17(11)2/h6,9,12-13H,3-5,7-8,10H2,1-2H3/t12-,13+/m0/s1. The molecule has 1 spiro atoms. The molecule has 0 aromatic carbocycles. The maximum atomic E-state index is 12.2. The van der Waals surface area contributed by atoms with E-state index in [1.54, 1.807) is 24.0 Å². The number of nitrogens with zero attached hydrogens (tertiary/aromatic N) is 2. The van der Waals surface area contributed by atoms with Crippen LogP contribution in [0.4, 0.5) is 0 Å². The lowest BCUT2D eigenvalue weighted by Gasteiger charge is -2.52. The van der Waals surface area contributed by atoms with Crippen LogP contribution >= 0.6 is 0 Å². The Bertz CT molecular complexity index is 491. The molecule has 2 aliphatic carbocycles. The fourth-order valence-corrected chi connectivity index (χ4v) is 3.75. The van der Waals surface area contributed by atoms with E-state index in [0.717, 1.165) is 25.9 Å². The van der Waals surface area contributed by atoms with Gasteiger partial charge in [-0.15, -0.1) is 0 Å². The van der Waals surface area contributed by atoms with E-state index < -0.39 is 0 Å². The van der Waals surface area contributed by atoms with Crippen LogP contribution in [0, 0.1) is 5.41 Å². The van der Waals surface area contributed by atoms with E-state index in [-0.39, 0.29) is 23.6 Å². The lowest BCUT2D eigenvalue weighted by molar-refractivity contribution is -0.189. The van der Waals surface area contributed by atoms with Gasteiger partial charge in [0.25, 0.3) is 0 Å². The van der Waals surface area contributed by atoms with Gasteiger partial charge < -0.3 is 9.47 Å². The van der Waals surface area contributed by atoms with Crippen LogP contribution < -0.4 is 0 Å². The quantitative estimate of drug-likeness (QED) is 0.793. The minimum absolute atomic E-state index is 0.00366. The molecule has 0 amide bonds. The Morgan fingerprint density at radius 3 is 2.80 bits per heavy atom. The zero-order valence-electron chi connectivity index (χ0n) is 12.2. The fraction of sp³-hybridized carbons (Fsp3) is 0.733. The minimum atomic E-state index is -0.267. The Morgan fingerprint density at radius 2 is 2.20 bits per heavy atom. The highest BCUT2D eigenvalue weighted by Crippen LogP contribution is 2.56. The van der Waals surface area contributed by atoms with Crippen molar-refractivity contribution in [3.05, 3.63) is 18.0 Å². The third kappa shape index (κ3) is 2.04. The van der Waals surface area contributed by atoms with E-state index >= 15 is 0 Å². The van der Waals surface area contributed by atoms with Crippen molar-refractivity contribution in [1.29, 1.82) is 0 Å². The predicted molar refractivity (Wildman–Crippen MR) is 73.3 cm³/mol. The number of esters is 1. The molecule has 0 unspecified atom stereocenters. The van der Waals surface area contributed by atoms with Gasteiger partial charge in [-0.3, -0.25) is 4.68 Å². The van der Waals surface area contributed by atoms with Gasteiger partial charge in [-0.05, 0) is 25.8 Å². The van der Waals surface area contributed by atoms with Gasteiger partial charge in [0.2, 0.25) is 0 Å². The van der Waals surface area contributed by atoms with Gasteiger partial charge in [-0.2, -0.15) is 5.10 Å². The first-order valence-corrected chi connectivity index (χ1v) is 7.48. The summed E-state index contributed by atoms with van der Waals surface area (Å²) in [6.07, 6.45) is 7.36. The van der Waals surface area contributed by atoms with Crippen molar-refractivity contribution in [3.63, 3.8) is 0 Å². The van der Waals surface area contributed by atoms with E-state index in [4.69, 9.17) is 9.47 Å². The number of carbonyl (C=O) groups excluding carboxylic acids is 1. The zero-order chi connectivity index (χ0) is 14.2. The molecule has 20 heavy (non-hydrogen) atoms. The van der Waals surface area contributed by atoms with Crippen molar-refractivity contribution in [2.24, 2.45) is 12.5 Å². The SMILES string of the molecule is CCO[C@H]1C[C@@H](OC(=O)c2ccnn2C)C12CCCC2. The highest BCUT2D eigenvalue weighted by atomic mass is 16.6. The maximum absolute atomic E-state index is 12.2. The van der Waals surface area contributed by atoms with Crippen LogP contribution in [0.2, 0.25) is 0 Å². The Morgan fingerprint density at radius 1 is 1.45 bits per heavy atom. The van der Waals surface area contributed by atoms with E-state index in [0.29, 0.717) is 5.69 Å².